The molecule has 1 aromatic rings. The molecule has 0 saturated carbocycles. The molecule has 1 rings (SSSR count). The standard InChI is InChI=1S/C11H7Br2N/c12-11(13)8-10-5-2-1-4-9(10)6-3-7-14/h1-6,8H/b6-3+. The van der Waals surface area contributed by atoms with E-state index in [4.69, 9.17) is 5.26 Å². The first-order valence-electron chi connectivity index (χ1n) is 3.92. The van der Waals surface area contributed by atoms with Crippen molar-refractivity contribution in [2.45, 2.75) is 0 Å². The normalized spacial score (nSPS) is 9.79. The van der Waals surface area contributed by atoms with Gasteiger partial charge in [-0.15, -0.1) is 0 Å². The molecular formula is C11H7Br2N. The molecule has 0 atom stereocenters. The van der Waals surface area contributed by atoms with E-state index in [9.17, 15) is 0 Å². The first kappa shape index (κ1) is 11.2. The van der Waals surface area contributed by atoms with Crippen molar-refractivity contribution in [1.29, 1.82) is 5.26 Å². The van der Waals surface area contributed by atoms with E-state index in [-0.39, 0.29) is 0 Å². The second-order valence-electron chi connectivity index (χ2n) is 2.53. The van der Waals surface area contributed by atoms with Gasteiger partial charge in [0.2, 0.25) is 0 Å². The molecule has 0 radical (unpaired) electrons. The molecule has 70 valence electrons. The SMILES string of the molecule is N#C/C=C/c1ccccc1C=C(Br)Br. The first-order chi connectivity index (χ1) is 6.74. The van der Waals surface area contributed by atoms with Gasteiger partial charge in [-0.05, 0) is 55.1 Å². The van der Waals surface area contributed by atoms with Crippen LogP contribution in [0, 0.1) is 11.3 Å². The number of hydrogen-bond donors (Lipinski definition) is 0. The highest BCUT2D eigenvalue weighted by molar-refractivity contribution is 9.28. The summed E-state index contributed by atoms with van der Waals surface area (Å²) in [5.74, 6) is 0. The highest BCUT2D eigenvalue weighted by atomic mass is 79.9. The quantitative estimate of drug-likeness (QED) is 0.746. The maximum absolute atomic E-state index is 8.43. The molecule has 0 saturated heterocycles. The lowest BCUT2D eigenvalue weighted by atomic mass is 10.1. The molecule has 14 heavy (non-hydrogen) atoms. The minimum absolute atomic E-state index is 0.878. The van der Waals surface area contributed by atoms with Gasteiger partial charge in [0.05, 0.1) is 9.46 Å². The topological polar surface area (TPSA) is 23.8 Å². The van der Waals surface area contributed by atoms with Crippen LogP contribution in [0.1, 0.15) is 11.1 Å². The van der Waals surface area contributed by atoms with Gasteiger partial charge in [-0.3, -0.25) is 0 Å². The summed E-state index contributed by atoms with van der Waals surface area (Å²) in [6, 6.07) is 9.82. The zero-order chi connectivity index (χ0) is 10.4. The fourth-order valence-electron chi connectivity index (χ4n) is 1.04. The van der Waals surface area contributed by atoms with E-state index in [0.29, 0.717) is 0 Å². The number of nitrogens with zero attached hydrogens (tertiary/aromatic N) is 1. The Bertz CT molecular complexity index is 410. The maximum atomic E-state index is 8.43. The van der Waals surface area contributed by atoms with Crippen molar-refractivity contribution in [3.63, 3.8) is 0 Å². The van der Waals surface area contributed by atoms with Gasteiger partial charge in [0.25, 0.3) is 0 Å². The fraction of sp³-hybridized carbons (Fsp3) is 0. The van der Waals surface area contributed by atoms with Crippen LogP contribution < -0.4 is 0 Å². The molecule has 1 aromatic carbocycles. The lowest BCUT2D eigenvalue weighted by Gasteiger charge is -1.99. The molecule has 0 amide bonds. The summed E-state index contributed by atoms with van der Waals surface area (Å²) in [5.41, 5.74) is 2.08. The van der Waals surface area contributed by atoms with Crippen molar-refractivity contribution in [2.75, 3.05) is 0 Å². The van der Waals surface area contributed by atoms with E-state index in [1.807, 2.05) is 36.4 Å². The molecule has 0 aromatic heterocycles. The van der Waals surface area contributed by atoms with Crippen molar-refractivity contribution in [1.82, 2.24) is 0 Å². The van der Waals surface area contributed by atoms with Crippen LogP contribution in [0.25, 0.3) is 12.2 Å². The summed E-state index contributed by atoms with van der Waals surface area (Å²) in [4.78, 5) is 0. The van der Waals surface area contributed by atoms with Crippen LogP contribution in [0.15, 0.2) is 33.7 Å². The summed E-state index contributed by atoms with van der Waals surface area (Å²) in [5, 5.41) is 8.43. The van der Waals surface area contributed by atoms with Crippen molar-refractivity contribution >= 4 is 44.0 Å². The van der Waals surface area contributed by atoms with Crippen LogP contribution in [0.3, 0.4) is 0 Å². The Hall–Kier alpha value is -0.850. The average molecular weight is 313 g/mol. The Kier molecular flexibility index (Phi) is 4.64. The zero-order valence-corrected chi connectivity index (χ0v) is 10.4. The lowest BCUT2D eigenvalue weighted by Crippen LogP contribution is -1.78. The van der Waals surface area contributed by atoms with Crippen LogP contribution in [0.5, 0.6) is 0 Å². The fourth-order valence-corrected chi connectivity index (χ4v) is 1.53. The predicted octanol–water partition coefficient (Wildman–Crippen LogP) is 4.31. The third kappa shape index (κ3) is 3.49. The number of nitriles is 1. The Labute approximate surface area is 100 Å². The summed E-state index contributed by atoms with van der Waals surface area (Å²) < 4.78 is 0.878. The van der Waals surface area contributed by atoms with Crippen LogP contribution in [0.2, 0.25) is 0 Å². The third-order valence-corrected chi connectivity index (χ3v) is 2.06. The van der Waals surface area contributed by atoms with E-state index < -0.39 is 0 Å². The number of benzene rings is 1. The van der Waals surface area contributed by atoms with Crippen molar-refractivity contribution in [3.05, 3.63) is 44.9 Å². The van der Waals surface area contributed by atoms with Gasteiger partial charge in [-0.1, -0.05) is 24.3 Å². The van der Waals surface area contributed by atoms with Crippen molar-refractivity contribution in [2.24, 2.45) is 0 Å². The zero-order valence-electron chi connectivity index (χ0n) is 7.24. The van der Waals surface area contributed by atoms with E-state index in [0.717, 1.165) is 14.5 Å². The minimum Gasteiger partial charge on any atom is -0.193 e. The predicted molar refractivity (Wildman–Crippen MR) is 66.9 cm³/mol. The highest BCUT2D eigenvalue weighted by Gasteiger charge is 1.95. The lowest BCUT2D eigenvalue weighted by molar-refractivity contribution is 1.53. The smallest absolute Gasteiger partial charge is 0.0912 e. The van der Waals surface area contributed by atoms with E-state index in [1.165, 1.54) is 6.08 Å². The molecule has 0 N–H and O–H groups in total. The number of halogens is 2. The Morgan fingerprint density at radius 3 is 2.43 bits per heavy atom. The van der Waals surface area contributed by atoms with Crippen LogP contribution in [0.4, 0.5) is 0 Å². The average Bonchev–Trinajstić information content (AvgIpc) is 2.16. The Morgan fingerprint density at radius 1 is 1.21 bits per heavy atom. The number of allylic oxidation sites excluding steroid dienone is 1. The second kappa shape index (κ2) is 5.79. The van der Waals surface area contributed by atoms with Gasteiger partial charge < -0.3 is 0 Å². The third-order valence-electron chi connectivity index (χ3n) is 1.60. The number of rotatable bonds is 2. The monoisotopic (exact) mass is 311 g/mol. The molecule has 0 unspecified atom stereocenters. The van der Waals surface area contributed by atoms with Gasteiger partial charge in [0.15, 0.2) is 0 Å². The Balaban J connectivity index is 3.11. The van der Waals surface area contributed by atoms with Crippen LogP contribution >= 0.6 is 31.9 Å². The first-order valence-corrected chi connectivity index (χ1v) is 5.50. The molecule has 3 heteroatoms. The molecule has 1 nitrogen and oxygen atoms in total. The molecule has 0 aliphatic rings. The van der Waals surface area contributed by atoms with Crippen LogP contribution in [-0.2, 0) is 0 Å². The molecule has 0 fully saturated rings. The van der Waals surface area contributed by atoms with Crippen molar-refractivity contribution in [3.8, 4) is 6.07 Å². The number of hydrogen-bond acceptors (Lipinski definition) is 1. The highest BCUT2D eigenvalue weighted by Crippen LogP contribution is 2.21. The second-order valence-corrected chi connectivity index (χ2v) is 5.30. The van der Waals surface area contributed by atoms with Gasteiger partial charge in [-0.2, -0.15) is 5.26 Å². The summed E-state index contributed by atoms with van der Waals surface area (Å²) in [6.07, 6.45) is 5.20. The van der Waals surface area contributed by atoms with Gasteiger partial charge in [-0.25, -0.2) is 0 Å². The van der Waals surface area contributed by atoms with Gasteiger partial charge >= 0.3 is 0 Å². The summed E-state index contributed by atoms with van der Waals surface area (Å²) in [6.45, 7) is 0. The molecule has 0 aliphatic heterocycles. The van der Waals surface area contributed by atoms with Crippen molar-refractivity contribution < 1.29 is 0 Å². The summed E-state index contributed by atoms with van der Waals surface area (Å²) >= 11 is 6.60. The largest absolute Gasteiger partial charge is 0.193 e. The Morgan fingerprint density at radius 2 is 1.86 bits per heavy atom. The minimum atomic E-state index is 0.878. The molecule has 0 heterocycles. The maximum Gasteiger partial charge on any atom is 0.0912 e. The van der Waals surface area contributed by atoms with E-state index >= 15 is 0 Å². The molecule has 0 spiro atoms. The van der Waals surface area contributed by atoms with Gasteiger partial charge in [0.1, 0.15) is 0 Å². The molecule has 0 bridgehead atoms. The summed E-state index contributed by atoms with van der Waals surface area (Å²) in [7, 11) is 0. The van der Waals surface area contributed by atoms with E-state index in [1.54, 1.807) is 6.08 Å². The van der Waals surface area contributed by atoms with Crippen LogP contribution in [-0.4, -0.2) is 0 Å². The molecular weight excluding hydrogens is 306 g/mol. The van der Waals surface area contributed by atoms with Gasteiger partial charge in [0, 0.05) is 6.08 Å². The molecule has 0 aliphatic carbocycles. The van der Waals surface area contributed by atoms with E-state index in [2.05, 4.69) is 31.9 Å².